The zero-order chi connectivity index (χ0) is 22.6. The highest BCUT2D eigenvalue weighted by Gasteiger charge is 2.18. The molecule has 9 heteroatoms. The molecule has 3 aromatic carbocycles. The number of halogens is 2. The molecule has 1 amide bonds. The molecule has 31 heavy (non-hydrogen) atoms. The molecule has 0 aliphatic carbocycles. The monoisotopic (exact) mass is 478 g/mol. The van der Waals surface area contributed by atoms with E-state index < -0.39 is 16.1 Å². The normalized spacial score (nSPS) is 12.1. The number of nitrogens with one attached hydrogen (secondary N) is 2. The van der Waals surface area contributed by atoms with Crippen molar-refractivity contribution in [1.29, 1.82) is 0 Å². The molecule has 3 rings (SSSR count). The van der Waals surface area contributed by atoms with Gasteiger partial charge in [0.1, 0.15) is 5.75 Å². The Morgan fingerprint density at radius 2 is 1.68 bits per heavy atom. The van der Waals surface area contributed by atoms with Crippen molar-refractivity contribution in [3.63, 3.8) is 0 Å². The summed E-state index contributed by atoms with van der Waals surface area (Å²) in [6.45, 7) is 3.33. The Hall–Kier alpha value is -2.74. The van der Waals surface area contributed by atoms with Crippen molar-refractivity contribution in [1.82, 2.24) is 0 Å². The quantitative estimate of drug-likeness (QED) is 0.468. The Morgan fingerprint density at radius 1 is 1.00 bits per heavy atom. The van der Waals surface area contributed by atoms with Gasteiger partial charge in [-0.2, -0.15) is 0 Å². The lowest BCUT2D eigenvalue weighted by Crippen LogP contribution is -2.30. The van der Waals surface area contributed by atoms with Crippen LogP contribution < -0.4 is 14.8 Å². The molecule has 3 aromatic rings. The molecular weight excluding hydrogens is 459 g/mol. The minimum Gasteiger partial charge on any atom is -0.481 e. The third-order valence-electron chi connectivity index (χ3n) is 4.42. The second-order valence-corrected chi connectivity index (χ2v) is 9.28. The fourth-order valence-corrected chi connectivity index (χ4v) is 4.16. The van der Waals surface area contributed by atoms with Crippen molar-refractivity contribution in [3.8, 4) is 5.75 Å². The van der Waals surface area contributed by atoms with Crippen molar-refractivity contribution < 1.29 is 17.9 Å². The Kier molecular flexibility index (Phi) is 7.10. The lowest BCUT2D eigenvalue weighted by Gasteiger charge is -2.15. The van der Waals surface area contributed by atoms with Crippen LogP contribution in [-0.4, -0.2) is 20.4 Å². The number of anilines is 2. The summed E-state index contributed by atoms with van der Waals surface area (Å²) in [4.78, 5) is 12.4. The first-order valence-electron chi connectivity index (χ1n) is 9.27. The Labute approximate surface area is 191 Å². The van der Waals surface area contributed by atoms with Crippen LogP contribution in [0.1, 0.15) is 12.5 Å². The van der Waals surface area contributed by atoms with Gasteiger partial charge in [-0.1, -0.05) is 35.3 Å². The number of hydrogen-bond donors (Lipinski definition) is 2. The summed E-state index contributed by atoms with van der Waals surface area (Å²) in [5, 5.41) is 3.66. The fourth-order valence-electron chi connectivity index (χ4n) is 2.68. The van der Waals surface area contributed by atoms with Crippen LogP contribution in [-0.2, 0) is 14.8 Å². The maximum absolute atomic E-state index is 12.7. The number of benzene rings is 3. The fraction of sp³-hybridized carbons (Fsp3) is 0.136. The summed E-state index contributed by atoms with van der Waals surface area (Å²) in [7, 11) is -3.82. The van der Waals surface area contributed by atoms with E-state index >= 15 is 0 Å². The summed E-state index contributed by atoms with van der Waals surface area (Å²) >= 11 is 12.0. The van der Waals surface area contributed by atoms with Gasteiger partial charge in [-0.05, 0) is 74.0 Å². The molecule has 0 bridgehead atoms. The molecule has 0 saturated heterocycles. The highest BCUT2D eigenvalue weighted by molar-refractivity contribution is 7.92. The summed E-state index contributed by atoms with van der Waals surface area (Å²) in [6, 6.07) is 17.5. The third-order valence-corrected chi connectivity index (χ3v) is 6.45. The Morgan fingerprint density at radius 3 is 2.35 bits per heavy atom. The van der Waals surface area contributed by atoms with E-state index in [1.54, 1.807) is 56.3 Å². The van der Waals surface area contributed by atoms with Gasteiger partial charge >= 0.3 is 0 Å². The summed E-state index contributed by atoms with van der Waals surface area (Å²) in [5.41, 5.74) is 1.46. The van der Waals surface area contributed by atoms with Crippen LogP contribution in [0.2, 0.25) is 10.0 Å². The molecule has 2 N–H and O–H groups in total. The van der Waals surface area contributed by atoms with Gasteiger partial charge in [0.25, 0.3) is 15.9 Å². The van der Waals surface area contributed by atoms with Gasteiger partial charge in [0, 0.05) is 15.7 Å². The molecule has 0 radical (unpaired) electrons. The largest absolute Gasteiger partial charge is 0.481 e. The Bertz CT molecular complexity index is 1200. The second kappa shape index (κ2) is 9.60. The molecule has 0 heterocycles. The zero-order valence-corrected chi connectivity index (χ0v) is 19.1. The third kappa shape index (κ3) is 5.91. The van der Waals surface area contributed by atoms with Crippen molar-refractivity contribution in [3.05, 3.63) is 82.3 Å². The minimum atomic E-state index is -3.82. The maximum atomic E-state index is 12.7. The first-order valence-corrected chi connectivity index (χ1v) is 11.5. The van der Waals surface area contributed by atoms with E-state index in [4.69, 9.17) is 27.9 Å². The molecule has 0 spiro atoms. The average molecular weight is 479 g/mol. The number of rotatable bonds is 7. The molecule has 1 atom stereocenters. The van der Waals surface area contributed by atoms with Crippen molar-refractivity contribution in [2.45, 2.75) is 24.8 Å². The van der Waals surface area contributed by atoms with E-state index in [-0.39, 0.29) is 10.8 Å². The standard InChI is InChI=1S/C22H20Cl2N2O4S/c1-14-20(24)7-4-8-21(14)26-31(28,29)19-11-9-17(10-12-19)25-22(27)15(2)30-18-6-3-5-16(23)13-18/h3-13,15,26H,1-2H3,(H,25,27)/t15-/m0/s1. The Balaban J connectivity index is 1.66. The molecular formula is C22H20Cl2N2O4S. The number of hydrogen-bond acceptors (Lipinski definition) is 4. The predicted octanol–water partition coefficient (Wildman–Crippen LogP) is 5.51. The second-order valence-electron chi connectivity index (χ2n) is 6.75. The van der Waals surface area contributed by atoms with Crippen molar-refractivity contribution >= 4 is 50.5 Å². The lowest BCUT2D eigenvalue weighted by molar-refractivity contribution is -0.122. The smallest absolute Gasteiger partial charge is 0.265 e. The van der Waals surface area contributed by atoms with Gasteiger partial charge in [-0.15, -0.1) is 0 Å². The van der Waals surface area contributed by atoms with E-state index in [1.807, 2.05) is 0 Å². The molecule has 0 fully saturated rings. The van der Waals surface area contributed by atoms with Gasteiger partial charge in [0.2, 0.25) is 0 Å². The van der Waals surface area contributed by atoms with Gasteiger partial charge in [0.15, 0.2) is 6.10 Å². The molecule has 162 valence electrons. The number of amides is 1. The van der Waals surface area contributed by atoms with Crippen LogP contribution in [0.15, 0.2) is 71.6 Å². The van der Waals surface area contributed by atoms with Crippen LogP contribution in [0.5, 0.6) is 5.75 Å². The van der Waals surface area contributed by atoms with E-state index in [0.29, 0.717) is 32.7 Å². The first-order chi connectivity index (χ1) is 14.7. The van der Waals surface area contributed by atoms with Crippen molar-refractivity contribution in [2.75, 3.05) is 10.0 Å². The van der Waals surface area contributed by atoms with Gasteiger partial charge in [-0.3, -0.25) is 9.52 Å². The highest BCUT2D eigenvalue weighted by atomic mass is 35.5. The van der Waals surface area contributed by atoms with Crippen LogP contribution in [0.3, 0.4) is 0 Å². The molecule has 0 unspecified atom stereocenters. The van der Waals surface area contributed by atoms with Gasteiger partial charge in [0.05, 0.1) is 10.6 Å². The molecule has 0 saturated carbocycles. The molecule has 0 aliphatic heterocycles. The zero-order valence-electron chi connectivity index (χ0n) is 16.7. The lowest BCUT2D eigenvalue weighted by atomic mass is 10.2. The number of ether oxygens (including phenoxy) is 1. The van der Waals surface area contributed by atoms with Gasteiger partial charge < -0.3 is 10.1 Å². The van der Waals surface area contributed by atoms with E-state index in [9.17, 15) is 13.2 Å². The minimum absolute atomic E-state index is 0.0492. The summed E-state index contributed by atoms with van der Waals surface area (Å²) < 4.78 is 33.4. The maximum Gasteiger partial charge on any atom is 0.265 e. The predicted molar refractivity (Wildman–Crippen MR) is 124 cm³/mol. The first kappa shape index (κ1) is 22.9. The number of carbonyl (C=O) groups excluding carboxylic acids is 1. The van der Waals surface area contributed by atoms with Crippen LogP contribution in [0.25, 0.3) is 0 Å². The van der Waals surface area contributed by atoms with Crippen LogP contribution in [0, 0.1) is 6.92 Å². The molecule has 0 aromatic heterocycles. The topological polar surface area (TPSA) is 84.5 Å². The van der Waals surface area contributed by atoms with Crippen LogP contribution in [0.4, 0.5) is 11.4 Å². The SMILES string of the molecule is Cc1c(Cl)cccc1NS(=O)(=O)c1ccc(NC(=O)[C@H](C)Oc2cccc(Cl)c2)cc1. The summed E-state index contributed by atoms with van der Waals surface area (Å²) in [6.07, 6.45) is -0.783. The summed E-state index contributed by atoms with van der Waals surface area (Å²) in [5.74, 6) is 0.0854. The van der Waals surface area contributed by atoms with Crippen molar-refractivity contribution in [2.24, 2.45) is 0 Å². The number of carbonyl (C=O) groups is 1. The van der Waals surface area contributed by atoms with E-state index in [1.165, 1.54) is 24.3 Å². The van der Waals surface area contributed by atoms with E-state index in [0.717, 1.165) is 0 Å². The molecule has 6 nitrogen and oxygen atoms in total. The number of sulfonamides is 1. The average Bonchev–Trinajstić information content (AvgIpc) is 2.71. The van der Waals surface area contributed by atoms with E-state index in [2.05, 4.69) is 10.0 Å². The van der Waals surface area contributed by atoms with Crippen LogP contribution >= 0.6 is 23.2 Å². The molecule has 0 aliphatic rings. The highest BCUT2D eigenvalue weighted by Crippen LogP contribution is 2.26. The van der Waals surface area contributed by atoms with Gasteiger partial charge in [-0.25, -0.2) is 8.42 Å².